The normalized spacial score (nSPS) is 13.2. The molecule has 3 aromatic rings. The number of ether oxygens (including phenoxy) is 1. The minimum atomic E-state index is -4.07. The van der Waals surface area contributed by atoms with E-state index < -0.39 is 40.6 Å². The summed E-state index contributed by atoms with van der Waals surface area (Å²) in [6.45, 7) is 3.74. The number of hydrogen-bond donors (Lipinski definition) is 4. The number of unbranched alkanes of at least 4 members (excludes halogenated alkanes) is 1. The molecular weight excluding hydrogens is 575 g/mol. The van der Waals surface area contributed by atoms with E-state index >= 15 is 0 Å². The van der Waals surface area contributed by atoms with Crippen LogP contribution in [0.4, 0.5) is 14.9 Å². The number of aliphatic hydroxyl groups is 1. The van der Waals surface area contributed by atoms with Crippen LogP contribution in [0.2, 0.25) is 0 Å². The first-order valence-corrected chi connectivity index (χ1v) is 15.7. The molecular formula is C31H41FN4O6S. The molecule has 0 aromatic heterocycles. The number of alkyl carbamates (subject to hydrolysis) is 1. The zero-order valence-electron chi connectivity index (χ0n) is 24.8. The number of fused-ring (bicyclic) bond motifs is 1. The predicted molar refractivity (Wildman–Crippen MR) is 164 cm³/mol. The second kappa shape index (κ2) is 15.6. The number of nitrogen functional groups attached to an aromatic ring is 1. The van der Waals surface area contributed by atoms with Crippen LogP contribution < -0.4 is 16.4 Å². The summed E-state index contributed by atoms with van der Waals surface area (Å²) in [5.74, 6) is -1.13. The smallest absolute Gasteiger partial charge is 0.407 e. The molecule has 12 heteroatoms. The van der Waals surface area contributed by atoms with Crippen molar-refractivity contribution >= 4 is 38.5 Å². The number of hydrogen-bond acceptors (Lipinski definition) is 7. The topological polar surface area (TPSA) is 151 Å². The molecule has 0 heterocycles. The maximum atomic E-state index is 13.7. The molecule has 2 amide bonds. The lowest BCUT2D eigenvalue weighted by atomic mass is 10.0. The van der Waals surface area contributed by atoms with Gasteiger partial charge in [-0.3, -0.25) is 4.79 Å². The highest BCUT2D eigenvalue weighted by atomic mass is 32.2. The molecule has 0 aliphatic carbocycles. The van der Waals surface area contributed by atoms with Crippen LogP contribution in [0.15, 0.2) is 65.6 Å². The first-order chi connectivity index (χ1) is 20.5. The fourth-order valence-corrected chi connectivity index (χ4v) is 6.64. The van der Waals surface area contributed by atoms with E-state index in [9.17, 15) is 27.5 Å². The molecule has 2 atom stereocenters. The van der Waals surface area contributed by atoms with Crippen molar-refractivity contribution in [2.24, 2.45) is 5.92 Å². The lowest BCUT2D eigenvalue weighted by molar-refractivity contribution is -0.123. The highest BCUT2D eigenvalue weighted by molar-refractivity contribution is 7.89. The van der Waals surface area contributed by atoms with Gasteiger partial charge in [0.15, 0.2) is 0 Å². The highest BCUT2D eigenvalue weighted by Gasteiger charge is 2.32. The molecule has 0 aliphatic rings. The number of nitrogens with two attached hydrogens (primary N) is 1. The number of methoxy groups -OCH3 is 1. The van der Waals surface area contributed by atoms with Gasteiger partial charge in [-0.05, 0) is 53.3 Å². The summed E-state index contributed by atoms with van der Waals surface area (Å²) in [4.78, 5) is 24.9. The van der Waals surface area contributed by atoms with Gasteiger partial charge in [0.25, 0.3) is 0 Å². The molecule has 0 radical (unpaired) electrons. The Balaban J connectivity index is 1.61. The Labute approximate surface area is 252 Å². The number of carbonyl (C=O) groups excluding carboxylic acids is 2. The number of amides is 2. The summed E-state index contributed by atoms with van der Waals surface area (Å²) in [5.41, 5.74) is 6.21. The molecule has 0 spiro atoms. The fraction of sp³-hybridized carbons (Fsp3) is 0.419. The van der Waals surface area contributed by atoms with Gasteiger partial charge in [0.2, 0.25) is 15.9 Å². The Bertz CT molecular complexity index is 1500. The van der Waals surface area contributed by atoms with E-state index in [0.29, 0.717) is 19.3 Å². The Morgan fingerprint density at radius 2 is 1.77 bits per heavy atom. The molecule has 0 saturated heterocycles. The van der Waals surface area contributed by atoms with E-state index in [1.54, 1.807) is 0 Å². The Morgan fingerprint density at radius 3 is 2.42 bits per heavy atom. The molecule has 5 N–H and O–H groups in total. The average molecular weight is 617 g/mol. The largest absolute Gasteiger partial charge is 0.453 e. The first kappa shape index (κ1) is 33.8. The van der Waals surface area contributed by atoms with Crippen LogP contribution in [-0.4, -0.2) is 68.7 Å². The standard InChI is InChI=1S/C31H41FN4O6S/c1-21(2)19-36(43(40,41)26-13-14-27(32)28(33)18-26)25(20-37)10-6-7-15-34-30(38)29(35-31(39)42-3)17-22-11-12-23-8-4-5-9-24(23)16-22/h4-5,8-9,11-14,16,18,21,25,29,37H,6-7,10,15,17,19-20,33H2,1-3H3,(H,34,38)(H,35,39)/t25?,29-/m0/s1. The summed E-state index contributed by atoms with van der Waals surface area (Å²) in [5, 5.41) is 17.7. The minimum Gasteiger partial charge on any atom is -0.453 e. The monoisotopic (exact) mass is 616 g/mol. The lowest BCUT2D eigenvalue weighted by Gasteiger charge is -2.31. The number of carbonyl (C=O) groups is 2. The maximum absolute atomic E-state index is 13.7. The maximum Gasteiger partial charge on any atom is 0.407 e. The van der Waals surface area contributed by atoms with Crippen molar-refractivity contribution in [3.05, 3.63) is 72.0 Å². The zero-order valence-corrected chi connectivity index (χ0v) is 25.6. The highest BCUT2D eigenvalue weighted by Crippen LogP contribution is 2.25. The molecule has 1 unspecified atom stereocenters. The number of nitrogens with zero attached hydrogens (tertiary/aromatic N) is 1. The van der Waals surface area contributed by atoms with Gasteiger partial charge >= 0.3 is 6.09 Å². The molecule has 234 valence electrons. The van der Waals surface area contributed by atoms with E-state index in [2.05, 4.69) is 10.6 Å². The Kier molecular flexibility index (Phi) is 12.3. The summed E-state index contributed by atoms with van der Waals surface area (Å²) < 4.78 is 46.5. The third kappa shape index (κ3) is 9.37. The van der Waals surface area contributed by atoms with Crippen molar-refractivity contribution < 1.29 is 32.2 Å². The number of rotatable bonds is 15. The lowest BCUT2D eigenvalue weighted by Crippen LogP contribution is -2.48. The first-order valence-electron chi connectivity index (χ1n) is 14.2. The van der Waals surface area contributed by atoms with Crippen molar-refractivity contribution in [2.45, 2.75) is 56.5 Å². The molecule has 10 nitrogen and oxygen atoms in total. The second-order valence-electron chi connectivity index (χ2n) is 10.8. The number of sulfonamides is 1. The van der Waals surface area contributed by atoms with Crippen molar-refractivity contribution in [1.82, 2.24) is 14.9 Å². The van der Waals surface area contributed by atoms with Crippen LogP contribution in [0.3, 0.4) is 0 Å². The van der Waals surface area contributed by atoms with Crippen LogP contribution in [0.25, 0.3) is 10.8 Å². The van der Waals surface area contributed by atoms with Gasteiger partial charge in [0.1, 0.15) is 11.9 Å². The molecule has 3 aromatic carbocycles. The minimum absolute atomic E-state index is 0.0391. The molecule has 0 bridgehead atoms. The van der Waals surface area contributed by atoms with Crippen LogP contribution in [-0.2, 0) is 26.0 Å². The predicted octanol–water partition coefficient (Wildman–Crippen LogP) is 3.82. The number of halogens is 1. The van der Waals surface area contributed by atoms with Crippen LogP contribution in [0.1, 0.15) is 38.7 Å². The van der Waals surface area contributed by atoms with Crippen molar-refractivity contribution in [2.75, 3.05) is 32.5 Å². The SMILES string of the molecule is COC(=O)N[C@@H](Cc1ccc2ccccc2c1)C(=O)NCCCCC(CO)N(CC(C)C)S(=O)(=O)c1ccc(F)c(N)c1. The Hall–Kier alpha value is -3.74. The molecule has 0 fully saturated rings. The van der Waals surface area contributed by atoms with E-state index in [0.717, 1.165) is 34.5 Å². The quantitative estimate of drug-likeness (QED) is 0.150. The number of nitrogens with one attached hydrogen (secondary N) is 2. The van der Waals surface area contributed by atoms with Crippen LogP contribution in [0.5, 0.6) is 0 Å². The summed E-state index contributed by atoms with van der Waals surface area (Å²) in [7, 11) is -2.84. The number of aliphatic hydroxyl groups excluding tert-OH is 1. The zero-order chi connectivity index (χ0) is 31.6. The summed E-state index contributed by atoms with van der Waals surface area (Å²) in [6.07, 6.45) is 0.869. The van der Waals surface area contributed by atoms with Gasteiger partial charge in [-0.25, -0.2) is 17.6 Å². The van der Waals surface area contributed by atoms with Crippen molar-refractivity contribution in [3.63, 3.8) is 0 Å². The summed E-state index contributed by atoms with van der Waals surface area (Å²) in [6, 6.07) is 15.4. The third-order valence-corrected chi connectivity index (χ3v) is 8.96. The van der Waals surface area contributed by atoms with E-state index in [1.165, 1.54) is 11.4 Å². The van der Waals surface area contributed by atoms with E-state index in [-0.39, 0.29) is 41.9 Å². The number of benzene rings is 3. The van der Waals surface area contributed by atoms with Gasteiger partial charge in [0.05, 0.1) is 24.3 Å². The second-order valence-corrected chi connectivity index (χ2v) is 12.7. The summed E-state index contributed by atoms with van der Waals surface area (Å²) >= 11 is 0. The molecule has 0 saturated carbocycles. The van der Waals surface area contributed by atoms with E-state index in [4.69, 9.17) is 10.5 Å². The average Bonchev–Trinajstić information content (AvgIpc) is 2.98. The van der Waals surface area contributed by atoms with Crippen molar-refractivity contribution in [1.29, 1.82) is 0 Å². The van der Waals surface area contributed by atoms with Gasteiger partial charge < -0.3 is 26.2 Å². The van der Waals surface area contributed by atoms with Gasteiger partial charge in [0, 0.05) is 25.6 Å². The molecule has 43 heavy (non-hydrogen) atoms. The van der Waals surface area contributed by atoms with Crippen LogP contribution in [0, 0.1) is 11.7 Å². The molecule has 0 aliphatic heterocycles. The Morgan fingerprint density at radius 1 is 1.05 bits per heavy atom. The van der Waals surface area contributed by atoms with Crippen LogP contribution >= 0.6 is 0 Å². The van der Waals surface area contributed by atoms with E-state index in [1.807, 2.05) is 56.3 Å². The third-order valence-electron chi connectivity index (χ3n) is 7.05. The van der Waals surface area contributed by atoms with Gasteiger partial charge in [-0.1, -0.05) is 62.7 Å². The van der Waals surface area contributed by atoms with Gasteiger partial charge in [-0.2, -0.15) is 4.31 Å². The van der Waals surface area contributed by atoms with Gasteiger partial charge in [-0.15, -0.1) is 0 Å². The number of anilines is 1. The van der Waals surface area contributed by atoms with Crippen molar-refractivity contribution in [3.8, 4) is 0 Å². The molecule has 3 rings (SSSR count). The fourth-order valence-electron chi connectivity index (χ4n) is 4.80.